The Morgan fingerprint density at radius 2 is 2.15 bits per heavy atom. The van der Waals surface area contributed by atoms with Gasteiger partial charge < -0.3 is 14.6 Å². The number of nitrogens with zero attached hydrogens (tertiary/aromatic N) is 3. The van der Waals surface area contributed by atoms with Crippen molar-refractivity contribution in [3.63, 3.8) is 0 Å². The summed E-state index contributed by atoms with van der Waals surface area (Å²) in [6.45, 7) is 7.94. The number of hydrogen-bond donors (Lipinski definition) is 1. The third-order valence-electron chi connectivity index (χ3n) is 3.76. The lowest BCUT2D eigenvalue weighted by Gasteiger charge is -2.21. The number of imidazole rings is 1. The molecule has 0 bridgehead atoms. The van der Waals surface area contributed by atoms with Crippen molar-refractivity contribution in [2.45, 2.75) is 33.4 Å². The predicted molar refractivity (Wildman–Crippen MR) is 79.2 cm³/mol. The highest BCUT2D eigenvalue weighted by molar-refractivity contribution is 6.01. The first-order valence-corrected chi connectivity index (χ1v) is 6.81. The summed E-state index contributed by atoms with van der Waals surface area (Å²) < 4.78 is 2.08. The van der Waals surface area contributed by atoms with Gasteiger partial charge in [0.05, 0.1) is 11.1 Å². The minimum Gasteiger partial charge on any atom is -0.478 e. The molecule has 0 aliphatic rings. The molecule has 0 unspecified atom stereocenters. The van der Waals surface area contributed by atoms with Gasteiger partial charge in [-0.1, -0.05) is 6.07 Å². The fourth-order valence-corrected chi connectivity index (χ4v) is 2.23. The van der Waals surface area contributed by atoms with Crippen LogP contribution in [0.15, 0.2) is 18.2 Å². The smallest absolute Gasteiger partial charge is 0.337 e. The number of carboxylic acids is 1. The number of hydrogen-bond acceptors (Lipinski definition) is 3. The molecule has 5 heteroatoms. The summed E-state index contributed by atoms with van der Waals surface area (Å²) in [6, 6.07) is 5.79. The number of aryl methyl sites for hydroxylation is 1. The zero-order chi connectivity index (χ0) is 14.9. The molecule has 0 saturated heterocycles. The van der Waals surface area contributed by atoms with Gasteiger partial charge in [-0.2, -0.15) is 0 Å². The Labute approximate surface area is 118 Å². The predicted octanol–water partition coefficient (Wildman–Crippen LogP) is 2.38. The van der Waals surface area contributed by atoms with Crippen LogP contribution in [0.2, 0.25) is 0 Å². The van der Waals surface area contributed by atoms with Gasteiger partial charge in [0.1, 0.15) is 11.3 Å². The molecular formula is C15H21N3O2. The first kappa shape index (κ1) is 14.5. The number of rotatable bonds is 5. The molecule has 0 aliphatic heterocycles. The van der Waals surface area contributed by atoms with E-state index in [9.17, 15) is 9.90 Å². The maximum absolute atomic E-state index is 11.2. The second-order valence-corrected chi connectivity index (χ2v) is 5.36. The Morgan fingerprint density at radius 1 is 1.45 bits per heavy atom. The molecule has 0 aliphatic carbocycles. The van der Waals surface area contributed by atoms with E-state index in [1.165, 1.54) is 0 Å². The summed E-state index contributed by atoms with van der Waals surface area (Å²) in [7, 11) is 2.09. The lowest BCUT2D eigenvalue weighted by Crippen LogP contribution is -2.29. The molecule has 1 heterocycles. The minimum absolute atomic E-state index is 0.265. The third kappa shape index (κ3) is 2.67. The van der Waals surface area contributed by atoms with Crippen molar-refractivity contribution in [1.82, 2.24) is 14.5 Å². The van der Waals surface area contributed by atoms with Crippen molar-refractivity contribution in [3.8, 4) is 0 Å². The van der Waals surface area contributed by atoms with Crippen LogP contribution in [0, 0.1) is 6.92 Å². The topological polar surface area (TPSA) is 58.4 Å². The Balaban J connectivity index is 2.37. The first-order chi connectivity index (χ1) is 9.41. The molecule has 2 rings (SSSR count). The third-order valence-corrected chi connectivity index (χ3v) is 3.76. The molecule has 0 amide bonds. The van der Waals surface area contributed by atoms with Crippen molar-refractivity contribution >= 4 is 17.0 Å². The largest absolute Gasteiger partial charge is 0.478 e. The summed E-state index contributed by atoms with van der Waals surface area (Å²) in [5.41, 5.74) is 1.73. The van der Waals surface area contributed by atoms with E-state index in [-0.39, 0.29) is 5.56 Å². The van der Waals surface area contributed by atoms with Crippen molar-refractivity contribution < 1.29 is 9.90 Å². The molecule has 0 spiro atoms. The van der Waals surface area contributed by atoms with Gasteiger partial charge in [-0.25, -0.2) is 9.78 Å². The molecule has 2 aromatic rings. The molecule has 1 N–H and O–H groups in total. The van der Waals surface area contributed by atoms with Gasteiger partial charge in [0.25, 0.3) is 0 Å². The Bertz CT molecular complexity index is 631. The SMILES string of the molecule is Cc1nc2c(C(=O)O)cccc2n1CCN(C)C(C)C. The maximum Gasteiger partial charge on any atom is 0.337 e. The van der Waals surface area contributed by atoms with Crippen LogP contribution in [0.25, 0.3) is 11.0 Å². The molecule has 1 aromatic carbocycles. The highest BCUT2D eigenvalue weighted by Crippen LogP contribution is 2.20. The van der Waals surface area contributed by atoms with Crippen LogP contribution in [0.3, 0.4) is 0 Å². The average molecular weight is 275 g/mol. The second kappa shape index (κ2) is 5.63. The van der Waals surface area contributed by atoms with Gasteiger partial charge in [-0.15, -0.1) is 0 Å². The first-order valence-electron chi connectivity index (χ1n) is 6.81. The van der Waals surface area contributed by atoms with Gasteiger partial charge in [-0.3, -0.25) is 0 Å². The van der Waals surface area contributed by atoms with E-state index in [0.717, 1.165) is 24.4 Å². The van der Waals surface area contributed by atoms with E-state index in [4.69, 9.17) is 0 Å². The standard InChI is InChI=1S/C15H21N3O2/c1-10(2)17(4)8-9-18-11(3)16-14-12(15(19)20)6-5-7-13(14)18/h5-7,10H,8-9H2,1-4H3,(H,19,20). The molecule has 108 valence electrons. The average Bonchev–Trinajstić information content (AvgIpc) is 2.70. The van der Waals surface area contributed by atoms with Gasteiger partial charge in [0.15, 0.2) is 0 Å². The Hall–Kier alpha value is -1.88. The maximum atomic E-state index is 11.2. The van der Waals surface area contributed by atoms with Crippen LogP contribution in [-0.2, 0) is 6.54 Å². The van der Waals surface area contributed by atoms with Crippen LogP contribution < -0.4 is 0 Å². The number of fused-ring (bicyclic) bond motifs is 1. The van der Waals surface area contributed by atoms with Gasteiger partial charge in [0.2, 0.25) is 0 Å². The molecule has 0 fully saturated rings. The summed E-state index contributed by atoms with van der Waals surface area (Å²) in [5, 5.41) is 9.22. The lowest BCUT2D eigenvalue weighted by atomic mass is 10.2. The Kier molecular flexibility index (Phi) is 4.09. The zero-order valence-electron chi connectivity index (χ0n) is 12.4. The van der Waals surface area contributed by atoms with Gasteiger partial charge in [0, 0.05) is 19.1 Å². The highest BCUT2D eigenvalue weighted by Gasteiger charge is 2.15. The highest BCUT2D eigenvalue weighted by atomic mass is 16.4. The normalized spacial score (nSPS) is 11.7. The minimum atomic E-state index is -0.931. The van der Waals surface area contributed by atoms with E-state index in [1.54, 1.807) is 12.1 Å². The summed E-state index contributed by atoms with van der Waals surface area (Å²) in [6.07, 6.45) is 0. The quantitative estimate of drug-likeness (QED) is 0.910. The number of carbonyl (C=O) groups is 1. The van der Waals surface area contributed by atoms with Crippen LogP contribution >= 0.6 is 0 Å². The number of benzene rings is 1. The van der Waals surface area contributed by atoms with Crippen molar-refractivity contribution in [3.05, 3.63) is 29.6 Å². The number of para-hydroxylation sites is 1. The van der Waals surface area contributed by atoms with E-state index in [2.05, 4.69) is 35.3 Å². The van der Waals surface area contributed by atoms with Gasteiger partial charge in [-0.05, 0) is 40.0 Å². The van der Waals surface area contributed by atoms with Crippen LogP contribution in [-0.4, -0.2) is 45.2 Å². The Morgan fingerprint density at radius 3 is 2.75 bits per heavy atom. The molecule has 0 atom stereocenters. The van der Waals surface area contributed by atoms with Crippen LogP contribution in [0.4, 0.5) is 0 Å². The van der Waals surface area contributed by atoms with Crippen molar-refractivity contribution in [2.24, 2.45) is 0 Å². The monoisotopic (exact) mass is 275 g/mol. The zero-order valence-corrected chi connectivity index (χ0v) is 12.4. The van der Waals surface area contributed by atoms with E-state index < -0.39 is 5.97 Å². The summed E-state index contributed by atoms with van der Waals surface area (Å²) in [5.74, 6) is -0.0783. The number of aromatic nitrogens is 2. The molecule has 5 nitrogen and oxygen atoms in total. The molecule has 1 aromatic heterocycles. The molecule has 20 heavy (non-hydrogen) atoms. The van der Waals surface area contributed by atoms with Crippen molar-refractivity contribution in [1.29, 1.82) is 0 Å². The number of carboxylic acid groups (broad SMARTS) is 1. The van der Waals surface area contributed by atoms with E-state index >= 15 is 0 Å². The van der Waals surface area contributed by atoms with Gasteiger partial charge >= 0.3 is 5.97 Å². The van der Waals surface area contributed by atoms with E-state index in [1.807, 2.05) is 13.0 Å². The molecule has 0 saturated carbocycles. The second-order valence-electron chi connectivity index (χ2n) is 5.36. The summed E-state index contributed by atoms with van der Waals surface area (Å²) in [4.78, 5) is 17.9. The van der Waals surface area contributed by atoms with Crippen LogP contribution in [0.5, 0.6) is 0 Å². The number of aromatic carboxylic acids is 1. The van der Waals surface area contributed by atoms with Crippen LogP contribution in [0.1, 0.15) is 30.0 Å². The summed E-state index contributed by atoms with van der Waals surface area (Å²) >= 11 is 0. The van der Waals surface area contributed by atoms with E-state index in [0.29, 0.717) is 11.6 Å². The van der Waals surface area contributed by atoms with Crippen molar-refractivity contribution in [2.75, 3.05) is 13.6 Å². The molecular weight excluding hydrogens is 254 g/mol. The number of likely N-dealkylation sites (N-methyl/N-ethyl adjacent to an activating group) is 1. The lowest BCUT2D eigenvalue weighted by molar-refractivity contribution is 0.0699. The fourth-order valence-electron chi connectivity index (χ4n) is 2.23. The fraction of sp³-hybridized carbons (Fsp3) is 0.467. The molecule has 0 radical (unpaired) electrons.